The standard InChI is InChI=1S/C14H28N2O2/c1-3-12-4-6-13(7-5-12)16(2)14(17)8-10-18-11-9-15/h12-13H,3-11,15H2,1-2H3. The van der Waals surface area contributed by atoms with Crippen molar-refractivity contribution >= 4 is 5.91 Å². The third kappa shape index (κ3) is 4.94. The van der Waals surface area contributed by atoms with Gasteiger partial charge in [0.25, 0.3) is 0 Å². The van der Waals surface area contributed by atoms with Crippen LogP contribution in [-0.2, 0) is 9.53 Å². The molecule has 0 spiro atoms. The van der Waals surface area contributed by atoms with Gasteiger partial charge in [0.1, 0.15) is 0 Å². The smallest absolute Gasteiger partial charge is 0.224 e. The van der Waals surface area contributed by atoms with Crippen molar-refractivity contribution in [1.29, 1.82) is 0 Å². The molecule has 4 heteroatoms. The summed E-state index contributed by atoms with van der Waals surface area (Å²) in [5.74, 6) is 1.07. The molecule has 106 valence electrons. The van der Waals surface area contributed by atoms with Gasteiger partial charge < -0.3 is 15.4 Å². The van der Waals surface area contributed by atoms with E-state index in [2.05, 4.69) is 6.92 Å². The molecule has 2 N–H and O–H groups in total. The van der Waals surface area contributed by atoms with E-state index in [9.17, 15) is 4.79 Å². The van der Waals surface area contributed by atoms with Gasteiger partial charge in [-0.1, -0.05) is 13.3 Å². The van der Waals surface area contributed by atoms with Gasteiger partial charge in [-0.2, -0.15) is 0 Å². The van der Waals surface area contributed by atoms with Crippen LogP contribution in [0, 0.1) is 5.92 Å². The largest absolute Gasteiger partial charge is 0.380 e. The van der Waals surface area contributed by atoms with E-state index in [-0.39, 0.29) is 5.91 Å². The normalized spacial score (nSPS) is 23.9. The average Bonchev–Trinajstić information content (AvgIpc) is 2.42. The zero-order valence-electron chi connectivity index (χ0n) is 11.9. The molecule has 0 radical (unpaired) electrons. The minimum absolute atomic E-state index is 0.201. The monoisotopic (exact) mass is 256 g/mol. The topological polar surface area (TPSA) is 55.6 Å². The first-order valence-corrected chi connectivity index (χ1v) is 7.22. The summed E-state index contributed by atoms with van der Waals surface area (Å²) in [6, 6.07) is 0.440. The van der Waals surface area contributed by atoms with Gasteiger partial charge >= 0.3 is 0 Å². The van der Waals surface area contributed by atoms with Crippen LogP contribution in [0.3, 0.4) is 0 Å². The molecule has 1 rings (SSSR count). The number of nitrogens with zero attached hydrogens (tertiary/aromatic N) is 1. The lowest BCUT2D eigenvalue weighted by molar-refractivity contribution is -0.133. The van der Waals surface area contributed by atoms with Crippen molar-refractivity contribution < 1.29 is 9.53 Å². The second kappa shape index (κ2) is 8.48. The van der Waals surface area contributed by atoms with Crippen molar-refractivity contribution in [3.63, 3.8) is 0 Å². The average molecular weight is 256 g/mol. The Labute approximate surface area is 111 Å². The summed E-state index contributed by atoms with van der Waals surface area (Å²) in [7, 11) is 1.93. The Morgan fingerprint density at radius 2 is 1.94 bits per heavy atom. The van der Waals surface area contributed by atoms with Crippen LogP contribution in [0.15, 0.2) is 0 Å². The summed E-state index contributed by atoms with van der Waals surface area (Å²) >= 11 is 0. The summed E-state index contributed by atoms with van der Waals surface area (Å²) in [4.78, 5) is 13.9. The molecule has 0 aliphatic heterocycles. The van der Waals surface area contributed by atoms with Crippen LogP contribution >= 0.6 is 0 Å². The molecule has 0 bridgehead atoms. The van der Waals surface area contributed by atoms with Gasteiger partial charge in [-0.3, -0.25) is 4.79 Å². The maximum atomic E-state index is 12.0. The van der Waals surface area contributed by atoms with Gasteiger partial charge in [0.2, 0.25) is 5.91 Å². The van der Waals surface area contributed by atoms with E-state index in [0.29, 0.717) is 32.2 Å². The molecule has 1 aliphatic carbocycles. The second-order valence-corrected chi connectivity index (χ2v) is 5.24. The molecule has 0 unspecified atom stereocenters. The Morgan fingerprint density at radius 1 is 1.28 bits per heavy atom. The molecule has 1 aliphatic rings. The number of hydrogen-bond donors (Lipinski definition) is 1. The van der Waals surface area contributed by atoms with E-state index in [1.807, 2.05) is 11.9 Å². The number of rotatable bonds is 7. The summed E-state index contributed by atoms with van der Waals surface area (Å²) in [6.45, 7) is 3.81. The fraction of sp³-hybridized carbons (Fsp3) is 0.929. The Kier molecular flexibility index (Phi) is 7.28. The maximum absolute atomic E-state index is 12.0. The molecule has 0 aromatic carbocycles. The lowest BCUT2D eigenvalue weighted by Gasteiger charge is -2.34. The molecule has 0 heterocycles. The predicted octanol–water partition coefficient (Wildman–Crippen LogP) is 1.78. The highest BCUT2D eigenvalue weighted by Crippen LogP contribution is 2.29. The predicted molar refractivity (Wildman–Crippen MR) is 73.3 cm³/mol. The van der Waals surface area contributed by atoms with Crippen LogP contribution in [0.25, 0.3) is 0 Å². The highest BCUT2D eigenvalue weighted by molar-refractivity contribution is 5.76. The Balaban J connectivity index is 2.22. The van der Waals surface area contributed by atoms with E-state index >= 15 is 0 Å². The molecule has 18 heavy (non-hydrogen) atoms. The minimum Gasteiger partial charge on any atom is -0.380 e. The number of carbonyl (C=O) groups is 1. The first-order chi connectivity index (χ1) is 8.69. The molecular formula is C14H28N2O2. The van der Waals surface area contributed by atoms with E-state index in [4.69, 9.17) is 10.5 Å². The Bertz CT molecular complexity index is 238. The number of carbonyl (C=O) groups excluding carboxylic acids is 1. The number of amides is 1. The molecule has 1 amide bonds. The van der Waals surface area contributed by atoms with Crippen LogP contribution < -0.4 is 5.73 Å². The fourth-order valence-electron chi connectivity index (χ4n) is 2.67. The SMILES string of the molecule is CCC1CCC(N(C)C(=O)CCOCCN)CC1. The van der Waals surface area contributed by atoms with E-state index in [0.717, 1.165) is 18.8 Å². The molecule has 1 fully saturated rings. The highest BCUT2D eigenvalue weighted by atomic mass is 16.5. The third-order valence-electron chi connectivity index (χ3n) is 4.06. The van der Waals surface area contributed by atoms with Crippen molar-refractivity contribution in [2.45, 2.75) is 51.5 Å². The Morgan fingerprint density at radius 3 is 2.50 bits per heavy atom. The third-order valence-corrected chi connectivity index (χ3v) is 4.06. The van der Waals surface area contributed by atoms with Gasteiger partial charge in [-0.15, -0.1) is 0 Å². The van der Waals surface area contributed by atoms with Crippen LogP contribution in [0.1, 0.15) is 45.4 Å². The van der Waals surface area contributed by atoms with Crippen LogP contribution in [0.4, 0.5) is 0 Å². The maximum Gasteiger partial charge on any atom is 0.224 e. The van der Waals surface area contributed by atoms with Crippen molar-refractivity contribution in [3.8, 4) is 0 Å². The van der Waals surface area contributed by atoms with Gasteiger partial charge in [0.15, 0.2) is 0 Å². The zero-order valence-corrected chi connectivity index (χ0v) is 11.9. The van der Waals surface area contributed by atoms with E-state index in [1.165, 1.54) is 19.3 Å². The molecular weight excluding hydrogens is 228 g/mol. The second-order valence-electron chi connectivity index (χ2n) is 5.24. The molecule has 4 nitrogen and oxygen atoms in total. The van der Waals surface area contributed by atoms with Crippen molar-refractivity contribution in [1.82, 2.24) is 4.90 Å². The Hall–Kier alpha value is -0.610. The minimum atomic E-state index is 0.201. The first kappa shape index (κ1) is 15.4. The number of nitrogens with two attached hydrogens (primary N) is 1. The van der Waals surface area contributed by atoms with Crippen molar-refractivity contribution in [3.05, 3.63) is 0 Å². The first-order valence-electron chi connectivity index (χ1n) is 7.22. The molecule has 0 aromatic heterocycles. The summed E-state index contributed by atoms with van der Waals surface area (Å²) in [6.07, 6.45) is 6.60. The molecule has 0 atom stereocenters. The van der Waals surface area contributed by atoms with Gasteiger partial charge in [-0.05, 0) is 31.6 Å². The lowest BCUT2D eigenvalue weighted by Crippen LogP contribution is -2.39. The van der Waals surface area contributed by atoms with Gasteiger partial charge in [0.05, 0.1) is 19.6 Å². The number of hydrogen-bond acceptors (Lipinski definition) is 3. The van der Waals surface area contributed by atoms with Crippen molar-refractivity contribution in [2.75, 3.05) is 26.8 Å². The van der Waals surface area contributed by atoms with Crippen LogP contribution in [0.5, 0.6) is 0 Å². The molecule has 1 saturated carbocycles. The number of ether oxygens (including phenoxy) is 1. The van der Waals surface area contributed by atoms with Gasteiger partial charge in [-0.25, -0.2) is 0 Å². The molecule has 0 aromatic rings. The van der Waals surface area contributed by atoms with Crippen molar-refractivity contribution in [2.24, 2.45) is 11.7 Å². The van der Waals surface area contributed by atoms with Gasteiger partial charge in [0, 0.05) is 19.6 Å². The summed E-state index contributed by atoms with van der Waals surface area (Å²) in [5.41, 5.74) is 5.33. The summed E-state index contributed by atoms with van der Waals surface area (Å²) < 4.78 is 5.25. The molecule has 0 saturated heterocycles. The lowest BCUT2D eigenvalue weighted by atomic mass is 9.84. The quantitative estimate of drug-likeness (QED) is 0.706. The zero-order chi connectivity index (χ0) is 13.4. The van der Waals surface area contributed by atoms with E-state index in [1.54, 1.807) is 0 Å². The summed E-state index contributed by atoms with van der Waals surface area (Å²) in [5, 5.41) is 0. The van der Waals surface area contributed by atoms with E-state index < -0.39 is 0 Å². The van der Waals surface area contributed by atoms with Crippen LogP contribution in [-0.4, -0.2) is 43.7 Å². The fourth-order valence-corrected chi connectivity index (χ4v) is 2.67. The highest BCUT2D eigenvalue weighted by Gasteiger charge is 2.25. The van der Waals surface area contributed by atoms with Crippen LogP contribution in [0.2, 0.25) is 0 Å².